The summed E-state index contributed by atoms with van der Waals surface area (Å²) in [7, 11) is 0. The van der Waals surface area contributed by atoms with Crippen molar-refractivity contribution in [2.75, 3.05) is 38.1 Å². The van der Waals surface area contributed by atoms with Gasteiger partial charge in [0.15, 0.2) is 0 Å². The van der Waals surface area contributed by atoms with Crippen molar-refractivity contribution in [3.8, 4) is 0 Å². The van der Waals surface area contributed by atoms with Crippen LogP contribution >= 0.6 is 0 Å². The minimum atomic E-state index is -0.379. The number of hydrogen-bond acceptors (Lipinski definition) is 5. The van der Waals surface area contributed by atoms with Crippen LogP contribution in [0.4, 0.5) is 10.5 Å². The maximum Gasteiger partial charge on any atom is 0.409 e. The maximum absolute atomic E-state index is 12.8. The lowest BCUT2D eigenvalue weighted by molar-refractivity contribution is 0.0566. The second kappa shape index (κ2) is 9.18. The number of nitrogens with one attached hydrogen (secondary N) is 1. The lowest BCUT2D eigenvalue weighted by atomic mass is 10.2. The summed E-state index contributed by atoms with van der Waals surface area (Å²) in [6.07, 6.45) is -0.368. The number of aryl methyl sites for hydroxylation is 1. The third kappa shape index (κ3) is 5.10. The molecule has 8 heteroatoms. The van der Waals surface area contributed by atoms with E-state index in [9.17, 15) is 14.4 Å². The lowest BCUT2D eigenvalue weighted by Crippen LogP contribution is -2.50. The fourth-order valence-electron chi connectivity index (χ4n) is 2.98. The van der Waals surface area contributed by atoms with Crippen LogP contribution in [0.15, 0.2) is 42.5 Å². The van der Waals surface area contributed by atoms with Crippen molar-refractivity contribution in [3.05, 3.63) is 59.4 Å². The molecule has 1 aliphatic heterocycles. The number of aromatic nitrogens is 1. The van der Waals surface area contributed by atoms with Gasteiger partial charge in [0.05, 0.1) is 6.61 Å². The van der Waals surface area contributed by atoms with Gasteiger partial charge in [0.1, 0.15) is 11.4 Å². The van der Waals surface area contributed by atoms with Crippen LogP contribution in [0.3, 0.4) is 0 Å². The smallest absolute Gasteiger partial charge is 0.409 e. The average molecular weight is 396 g/mol. The molecule has 0 spiro atoms. The summed E-state index contributed by atoms with van der Waals surface area (Å²) in [4.78, 5) is 44.5. The molecule has 0 aliphatic carbocycles. The van der Waals surface area contributed by atoms with Crippen molar-refractivity contribution >= 4 is 23.6 Å². The number of carbonyl (C=O) groups excluding carboxylic acids is 3. The third-order valence-electron chi connectivity index (χ3n) is 4.60. The summed E-state index contributed by atoms with van der Waals surface area (Å²) in [5.41, 5.74) is 2.12. The summed E-state index contributed by atoms with van der Waals surface area (Å²) in [6.45, 7) is 5.62. The second-order valence-corrected chi connectivity index (χ2v) is 6.71. The van der Waals surface area contributed by atoms with Crippen LogP contribution in [0, 0.1) is 6.92 Å². The number of hydrogen-bond donors (Lipinski definition) is 1. The minimum absolute atomic E-state index is 0.168. The Kier molecular flexibility index (Phi) is 6.43. The Labute approximate surface area is 169 Å². The van der Waals surface area contributed by atoms with Gasteiger partial charge in [0.2, 0.25) is 0 Å². The summed E-state index contributed by atoms with van der Waals surface area (Å²) in [5, 5.41) is 2.78. The fourth-order valence-corrected chi connectivity index (χ4v) is 2.98. The molecule has 29 heavy (non-hydrogen) atoms. The van der Waals surface area contributed by atoms with Gasteiger partial charge in [-0.1, -0.05) is 23.8 Å². The van der Waals surface area contributed by atoms with Crippen LogP contribution in [0.25, 0.3) is 0 Å². The van der Waals surface area contributed by atoms with E-state index < -0.39 is 0 Å². The van der Waals surface area contributed by atoms with Gasteiger partial charge in [0, 0.05) is 31.9 Å². The zero-order valence-electron chi connectivity index (χ0n) is 16.6. The molecule has 1 aromatic carbocycles. The Hall–Kier alpha value is -3.42. The highest BCUT2D eigenvalue weighted by molar-refractivity contribution is 6.03. The van der Waals surface area contributed by atoms with E-state index in [4.69, 9.17) is 4.74 Å². The molecule has 0 radical (unpaired) electrons. The topological polar surface area (TPSA) is 91.8 Å². The normalized spacial score (nSPS) is 13.7. The third-order valence-corrected chi connectivity index (χ3v) is 4.60. The second-order valence-electron chi connectivity index (χ2n) is 6.71. The van der Waals surface area contributed by atoms with E-state index in [-0.39, 0.29) is 29.3 Å². The van der Waals surface area contributed by atoms with E-state index in [1.54, 1.807) is 34.9 Å². The van der Waals surface area contributed by atoms with Crippen LogP contribution in [0.2, 0.25) is 0 Å². The quantitative estimate of drug-likeness (QED) is 0.858. The fraction of sp³-hybridized carbons (Fsp3) is 0.333. The van der Waals surface area contributed by atoms with Crippen molar-refractivity contribution in [1.29, 1.82) is 0 Å². The number of benzene rings is 1. The van der Waals surface area contributed by atoms with Crippen molar-refractivity contribution in [1.82, 2.24) is 14.8 Å². The van der Waals surface area contributed by atoms with Crippen LogP contribution in [0.5, 0.6) is 0 Å². The largest absolute Gasteiger partial charge is 0.450 e. The van der Waals surface area contributed by atoms with Crippen LogP contribution in [0.1, 0.15) is 33.5 Å². The van der Waals surface area contributed by atoms with Gasteiger partial charge in [0.25, 0.3) is 11.8 Å². The highest BCUT2D eigenvalue weighted by Gasteiger charge is 2.26. The zero-order valence-corrected chi connectivity index (χ0v) is 16.6. The predicted molar refractivity (Wildman–Crippen MR) is 108 cm³/mol. The SMILES string of the molecule is CCOC(=O)N1CCN(C(=O)c2cccc(C(=O)Nc3ccc(C)cc3)n2)CC1. The molecule has 0 saturated carbocycles. The first-order valence-corrected chi connectivity index (χ1v) is 9.54. The van der Waals surface area contributed by atoms with E-state index >= 15 is 0 Å². The van der Waals surface area contributed by atoms with Gasteiger partial charge >= 0.3 is 6.09 Å². The van der Waals surface area contributed by atoms with E-state index in [1.165, 1.54) is 0 Å². The van der Waals surface area contributed by atoms with E-state index in [2.05, 4.69) is 10.3 Å². The van der Waals surface area contributed by atoms with Crippen molar-refractivity contribution in [2.45, 2.75) is 13.8 Å². The first kappa shape index (κ1) is 20.3. The molecule has 1 N–H and O–H groups in total. The van der Waals surface area contributed by atoms with Gasteiger partial charge < -0.3 is 19.9 Å². The number of amides is 3. The average Bonchev–Trinajstić information content (AvgIpc) is 2.75. The van der Waals surface area contributed by atoms with Crippen molar-refractivity contribution < 1.29 is 19.1 Å². The highest BCUT2D eigenvalue weighted by atomic mass is 16.6. The molecule has 0 unspecified atom stereocenters. The standard InChI is InChI=1S/C21H24N4O4/c1-3-29-21(28)25-13-11-24(12-14-25)20(27)18-6-4-5-17(23-18)19(26)22-16-9-7-15(2)8-10-16/h4-10H,3,11-14H2,1-2H3,(H,22,26). The predicted octanol–water partition coefficient (Wildman–Crippen LogP) is 2.56. The summed E-state index contributed by atoms with van der Waals surface area (Å²) >= 11 is 0. The first-order valence-electron chi connectivity index (χ1n) is 9.54. The van der Waals surface area contributed by atoms with Crippen molar-refractivity contribution in [2.24, 2.45) is 0 Å². The van der Waals surface area contributed by atoms with E-state index in [0.29, 0.717) is 38.5 Å². The molecule has 8 nitrogen and oxygen atoms in total. The lowest BCUT2D eigenvalue weighted by Gasteiger charge is -2.33. The van der Waals surface area contributed by atoms with E-state index in [0.717, 1.165) is 5.56 Å². The molecular weight excluding hydrogens is 372 g/mol. The molecule has 2 aromatic rings. The van der Waals surface area contributed by atoms with Gasteiger partial charge in [-0.25, -0.2) is 9.78 Å². The molecule has 1 fully saturated rings. The van der Waals surface area contributed by atoms with Crippen LogP contribution < -0.4 is 5.32 Å². The molecule has 3 amide bonds. The molecule has 152 valence electrons. The monoisotopic (exact) mass is 396 g/mol. The Balaban J connectivity index is 1.63. The Morgan fingerprint density at radius 3 is 2.24 bits per heavy atom. The number of nitrogens with zero attached hydrogens (tertiary/aromatic N) is 3. The number of carbonyl (C=O) groups is 3. The van der Waals surface area contributed by atoms with Gasteiger partial charge in [-0.15, -0.1) is 0 Å². The molecule has 1 aliphatic rings. The Bertz CT molecular complexity index is 890. The molecule has 1 aromatic heterocycles. The Morgan fingerprint density at radius 2 is 1.59 bits per heavy atom. The molecule has 3 rings (SSSR count). The first-order chi connectivity index (χ1) is 14.0. The summed E-state index contributed by atoms with van der Waals surface area (Å²) in [6, 6.07) is 12.2. The molecule has 0 bridgehead atoms. The van der Waals surface area contributed by atoms with Gasteiger partial charge in [-0.05, 0) is 38.1 Å². The number of rotatable bonds is 4. The molecular formula is C21H24N4O4. The Morgan fingerprint density at radius 1 is 0.966 bits per heavy atom. The maximum atomic E-state index is 12.8. The molecule has 1 saturated heterocycles. The summed E-state index contributed by atoms with van der Waals surface area (Å²) in [5.74, 6) is -0.644. The number of pyridine rings is 1. The van der Waals surface area contributed by atoms with Gasteiger partial charge in [-0.3, -0.25) is 9.59 Å². The highest BCUT2D eigenvalue weighted by Crippen LogP contribution is 2.12. The molecule has 0 atom stereocenters. The molecule has 2 heterocycles. The van der Waals surface area contributed by atoms with Crippen LogP contribution in [-0.2, 0) is 4.74 Å². The summed E-state index contributed by atoms with van der Waals surface area (Å²) < 4.78 is 4.99. The number of piperazine rings is 1. The number of ether oxygens (including phenoxy) is 1. The van der Waals surface area contributed by atoms with Crippen molar-refractivity contribution in [3.63, 3.8) is 0 Å². The zero-order chi connectivity index (χ0) is 20.8. The number of anilines is 1. The van der Waals surface area contributed by atoms with Gasteiger partial charge in [-0.2, -0.15) is 0 Å². The van der Waals surface area contributed by atoms with Crippen LogP contribution in [-0.4, -0.2) is 65.5 Å². The van der Waals surface area contributed by atoms with E-state index in [1.807, 2.05) is 31.2 Å². The minimum Gasteiger partial charge on any atom is -0.450 e.